The number of ether oxygens (including phenoxy) is 3. The van der Waals surface area contributed by atoms with Crippen LogP contribution >= 0.6 is 0 Å². The van der Waals surface area contributed by atoms with Crippen LogP contribution in [0.3, 0.4) is 0 Å². The van der Waals surface area contributed by atoms with Gasteiger partial charge in [0.1, 0.15) is 35.1 Å². The van der Waals surface area contributed by atoms with Crippen LogP contribution in [0.15, 0.2) is 77.8 Å². The molecule has 3 aromatic carbocycles. The number of hydrogen-bond donors (Lipinski definition) is 1. The molecule has 11 heteroatoms. The van der Waals surface area contributed by atoms with Gasteiger partial charge in [0, 0.05) is 50.2 Å². The highest BCUT2D eigenvalue weighted by atomic mass is 32.2. The van der Waals surface area contributed by atoms with Gasteiger partial charge in [-0.1, -0.05) is 6.07 Å². The molecule has 7 nitrogen and oxygen atoms in total. The first-order valence-corrected chi connectivity index (χ1v) is 14.4. The molecule has 4 aromatic rings. The maximum Gasteiger partial charge on any atom is 0.268 e. The second-order valence-electron chi connectivity index (χ2n) is 9.37. The summed E-state index contributed by atoms with van der Waals surface area (Å²) in [7, 11) is -2.55. The summed E-state index contributed by atoms with van der Waals surface area (Å²) in [6, 6.07) is 14.5. The predicted octanol–water partition coefficient (Wildman–Crippen LogP) is 6.21. The van der Waals surface area contributed by atoms with Gasteiger partial charge >= 0.3 is 0 Å². The first-order valence-electron chi connectivity index (χ1n) is 12.9. The fourth-order valence-corrected chi connectivity index (χ4v) is 5.67. The van der Waals surface area contributed by atoms with Crippen molar-refractivity contribution in [2.45, 2.75) is 37.3 Å². The van der Waals surface area contributed by atoms with Gasteiger partial charge in [0.2, 0.25) is 0 Å². The van der Waals surface area contributed by atoms with E-state index in [-0.39, 0.29) is 34.0 Å². The van der Waals surface area contributed by atoms with Gasteiger partial charge in [-0.25, -0.2) is 25.6 Å². The van der Waals surface area contributed by atoms with Crippen molar-refractivity contribution in [2.24, 2.45) is 5.73 Å². The van der Waals surface area contributed by atoms with E-state index in [0.29, 0.717) is 24.5 Å². The summed E-state index contributed by atoms with van der Waals surface area (Å²) in [6.07, 6.45) is 2.12. The highest BCUT2D eigenvalue weighted by Crippen LogP contribution is 2.33. The molecule has 2 N–H and O–H groups in total. The van der Waals surface area contributed by atoms with Gasteiger partial charge in [-0.2, -0.15) is 0 Å². The summed E-state index contributed by atoms with van der Waals surface area (Å²) in [6.45, 7) is 2.60. The van der Waals surface area contributed by atoms with E-state index < -0.39 is 33.6 Å². The second-order valence-corrected chi connectivity index (χ2v) is 11.2. The molecule has 1 unspecified atom stereocenters. The van der Waals surface area contributed by atoms with Crippen LogP contribution in [-0.2, 0) is 21.3 Å². The fourth-order valence-electron chi connectivity index (χ4n) is 4.24. The minimum atomic E-state index is -4.17. The zero-order valence-electron chi connectivity index (χ0n) is 22.6. The van der Waals surface area contributed by atoms with E-state index in [1.807, 2.05) is 0 Å². The number of rotatable bonds is 13. The highest BCUT2D eigenvalue weighted by molar-refractivity contribution is 7.90. The zero-order chi connectivity index (χ0) is 29.6. The topological polar surface area (TPSA) is 92.8 Å². The molecule has 0 saturated heterocycles. The van der Waals surface area contributed by atoms with Crippen molar-refractivity contribution >= 4 is 10.0 Å². The Morgan fingerprint density at radius 1 is 0.902 bits per heavy atom. The van der Waals surface area contributed by atoms with E-state index >= 15 is 4.39 Å². The number of hydrogen-bond acceptors (Lipinski definition) is 6. The second kappa shape index (κ2) is 13.2. The van der Waals surface area contributed by atoms with E-state index in [4.69, 9.17) is 19.9 Å². The monoisotopic (exact) mass is 588 g/mol. The molecule has 0 bridgehead atoms. The van der Waals surface area contributed by atoms with E-state index in [9.17, 15) is 17.2 Å². The Morgan fingerprint density at radius 2 is 1.63 bits per heavy atom. The smallest absolute Gasteiger partial charge is 0.268 e. The highest BCUT2D eigenvalue weighted by Gasteiger charge is 2.24. The largest absolute Gasteiger partial charge is 0.494 e. The molecule has 218 valence electrons. The van der Waals surface area contributed by atoms with Crippen LogP contribution in [0.1, 0.15) is 37.0 Å². The van der Waals surface area contributed by atoms with Gasteiger partial charge in [-0.05, 0) is 73.4 Å². The SMILES string of the molecule is COCCCCOc1cccc(S(=O)(=O)n2cc(CN)cc2-c2ccc(OC(C)c3cc(F)cc(F)c3)cc2F)c1. The first-order chi connectivity index (χ1) is 19.6. The zero-order valence-corrected chi connectivity index (χ0v) is 23.5. The number of aromatic nitrogens is 1. The lowest BCUT2D eigenvalue weighted by molar-refractivity contribution is 0.184. The normalized spacial score (nSPS) is 12.3. The lowest BCUT2D eigenvalue weighted by atomic mass is 10.1. The Balaban J connectivity index is 1.61. The van der Waals surface area contributed by atoms with Crippen molar-refractivity contribution in [3.63, 3.8) is 0 Å². The Kier molecular flexibility index (Phi) is 9.74. The molecule has 0 aliphatic rings. The maximum atomic E-state index is 15.4. The molecule has 1 heterocycles. The van der Waals surface area contributed by atoms with Crippen molar-refractivity contribution in [3.8, 4) is 22.8 Å². The summed E-state index contributed by atoms with van der Waals surface area (Å²) >= 11 is 0. The Labute approximate surface area is 237 Å². The number of benzene rings is 3. The Bertz CT molecular complexity index is 1590. The van der Waals surface area contributed by atoms with Gasteiger partial charge < -0.3 is 19.9 Å². The summed E-state index contributed by atoms with van der Waals surface area (Å²) in [5.41, 5.74) is 6.58. The fraction of sp³-hybridized carbons (Fsp3) is 0.267. The van der Waals surface area contributed by atoms with Gasteiger partial charge in [-0.3, -0.25) is 0 Å². The third kappa shape index (κ3) is 7.29. The van der Waals surface area contributed by atoms with Crippen molar-refractivity contribution in [3.05, 3.63) is 102 Å². The summed E-state index contributed by atoms with van der Waals surface area (Å²) in [5, 5.41) is 0. The number of halogens is 3. The van der Waals surface area contributed by atoms with Gasteiger partial charge in [0.15, 0.2) is 0 Å². The molecule has 0 aliphatic heterocycles. The van der Waals surface area contributed by atoms with Crippen LogP contribution in [0.4, 0.5) is 13.2 Å². The van der Waals surface area contributed by atoms with E-state index in [0.717, 1.165) is 41.1 Å². The molecule has 0 spiro atoms. The van der Waals surface area contributed by atoms with Crippen LogP contribution in [0.25, 0.3) is 11.3 Å². The molecule has 1 atom stereocenters. The van der Waals surface area contributed by atoms with E-state index in [1.165, 1.54) is 36.5 Å². The van der Waals surface area contributed by atoms with Gasteiger partial charge in [0.05, 0.1) is 17.2 Å². The third-order valence-electron chi connectivity index (χ3n) is 6.34. The molecule has 4 rings (SSSR count). The van der Waals surface area contributed by atoms with Crippen LogP contribution in [0.5, 0.6) is 11.5 Å². The molecule has 0 fully saturated rings. The molecule has 1 aromatic heterocycles. The van der Waals surface area contributed by atoms with Crippen molar-refractivity contribution in [1.29, 1.82) is 0 Å². The van der Waals surface area contributed by atoms with Crippen molar-refractivity contribution < 1.29 is 35.8 Å². The molecule has 0 amide bonds. The van der Waals surface area contributed by atoms with Gasteiger partial charge in [-0.15, -0.1) is 0 Å². The minimum Gasteiger partial charge on any atom is -0.494 e. The Hall–Kier alpha value is -3.80. The first kappa shape index (κ1) is 30.2. The molecule has 0 radical (unpaired) electrons. The standard InChI is InChI=1S/C30H31F3N2O5S/c1-20(22-13-23(31)15-24(32)14-22)40-26-8-9-28(29(33)17-26)30-12-21(18-34)19-35(30)41(36,37)27-7-5-6-25(16-27)39-11-4-3-10-38-2/h5-9,12-17,19-20H,3-4,10-11,18,34H2,1-2H3. The maximum absolute atomic E-state index is 15.4. The Morgan fingerprint density at radius 3 is 2.32 bits per heavy atom. The summed E-state index contributed by atoms with van der Waals surface area (Å²) < 4.78 is 87.5. The van der Waals surface area contributed by atoms with Crippen molar-refractivity contribution in [2.75, 3.05) is 20.3 Å². The lowest BCUT2D eigenvalue weighted by Crippen LogP contribution is -2.14. The quantitative estimate of drug-likeness (QED) is 0.187. The molecule has 0 aliphatic carbocycles. The number of nitrogens with zero attached hydrogens (tertiary/aromatic N) is 1. The average Bonchev–Trinajstić information content (AvgIpc) is 3.38. The number of methoxy groups -OCH3 is 1. The summed E-state index contributed by atoms with van der Waals surface area (Å²) in [4.78, 5) is -0.0381. The molecular weight excluding hydrogens is 557 g/mol. The summed E-state index contributed by atoms with van der Waals surface area (Å²) in [5.74, 6) is -1.79. The lowest BCUT2D eigenvalue weighted by Gasteiger charge is -2.17. The number of nitrogens with two attached hydrogens (primary N) is 1. The van der Waals surface area contributed by atoms with Gasteiger partial charge in [0.25, 0.3) is 10.0 Å². The number of unbranched alkanes of at least 4 members (excludes halogenated alkanes) is 1. The molecule has 0 saturated carbocycles. The van der Waals surface area contributed by atoms with E-state index in [1.54, 1.807) is 26.2 Å². The van der Waals surface area contributed by atoms with Crippen LogP contribution < -0.4 is 15.2 Å². The van der Waals surface area contributed by atoms with Crippen LogP contribution in [-0.4, -0.2) is 32.7 Å². The van der Waals surface area contributed by atoms with E-state index in [2.05, 4.69) is 0 Å². The molecule has 41 heavy (non-hydrogen) atoms. The average molecular weight is 589 g/mol. The van der Waals surface area contributed by atoms with Crippen molar-refractivity contribution in [1.82, 2.24) is 3.97 Å². The third-order valence-corrected chi connectivity index (χ3v) is 8.01. The predicted molar refractivity (Wildman–Crippen MR) is 149 cm³/mol. The minimum absolute atomic E-state index is 0.00405. The van der Waals surface area contributed by atoms with Crippen LogP contribution in [0.2, 0.25) is 0 Å². The molecular formula is C30H31F3N2O5S. The van der Waals surface area contributed by atoms with Crippen LogP contribution in [0, 0.1) is 17.5 Å².